The van der Waals surface area contributed by atoms with E-state index in [0.717, 1.165) is 19.3 Å². The van der Waals surface area contributed by atoms with E-state index in [1.165, 1.54) is 5.56 Å². The van der Waals surface area contributed by atoms with Crippen LogP contribution in [0.3, 0.4) is 0 Å². The first-order chi connectivity index (χ1) is 8.07. The van der Waals surface area contributed by atoms with Crippen molar-refractivity contribution in [3.63, 3.8) is 0 Å². The molecule has 0 saturated carbocycles. The average molecular weight is 236 g/mol. The van der Waals surface area contributed by atoms with Crippen molar-refractivity contribution in [3.05, 3.63) is 30.1 Å². The van der Waals surface area contributed by atoms with Crippen LogP contribution >= 0.6 is 0 Å². The molecule has 96 valence electrons. The smallest absolute Gasteiger partial charge is 0.0623 e. The van der Waals surface area contributed by atoms with Gasteiger partial charge in [-0.25, -0.2) is 0 Å². The quantitative estimate of drug-likeness (QED) is 0.789. The molecule has 0 spiro atoms. The van der Waals surface area contributed by atoms with Gasteiger partial charge in [0.1, 0.15) is 0 Å². The number of pyridine rings is 1. The first kappa shape index (κ1) is 14.1. The predicted octanol–water partition coefficient (Wildman–Crippen LogP) is 2.42. The SMILES string of the molecule is CNC(CCC(C)(C)OC)Cc1cccnc1. The second kappa shape index (κ2) is 6.72. The number of likely N-dealkylation sites (N-methyl/N-ethyl adjacent to an activating group) is 1. The van der Waals surface area contributed by atoms with E-state index in [9.17, 15) is 0 Å². The Balaban J connectivity index is 2.44. The molecule has 0 aromatic carbocycles. The molecule has 0 fully saturated rings. The fraction of sp³-hybridized carbons (Fsp3) is 0.643. The van der Waals surface area contributed by atoms with Crippen LogP contribution in [0, 0.1) is 0 Å². The molecule has 0 aliphatic heterocycles. The number of hydrogen-bond donors (Lipinski definition) is 1. The van der Waals surface area contributed by atoms with Crippen LogP contribution in [-0.4, -0.2) is 30.8 Å². The molecular weight excluding hydrogens is 212 g/mol. The van der Waals surface area contributed by atoms with Gasteiger partial charge in [-0.2, -0.15) is 0 Å². The summed E-state index contributed by atoms with van der Waals surface area (Å²) in [5.74, 6) is 0. The molecule has 3 nitrogen and oxygen atoms in total. The van der Waals surface area contributed by atoms with Crippen LogP contribution in [0.5, 0.6) is 0 Å². The average Bonchev–Trinajstić information content (AvgIpc) is 2.35. The molecule has 1 N–H and O–H groups in total. The van der Waals surface area contributed by atoms with Crippen molar-refractivity contribution in [1.29, 1.82) is 0 Å². The Bertz CT molecular complexity index is 311. The van der Waals surface area contributed by atoms with Gasteiger partial charge in [-0.1, -0.05) is 6.07 Å². The summed E-state index contributed by atoms with van der Waals surface area (Å²) in [5, 5.41) is 3.36. The summed E-state index contributed by atoms with van der Waals surface area (Å²) in [4.78, 5) is 4.14. The van der Waals surface area contributed by atoms with E-state index in [2.05, 4.69) is 30.2 Å². The highest BCUT2D eigenvalue weighted by Gasteiger charge is 2.18. The number of nitrogens with zero attached hydrogens (tertiary/aromatic N) is 1. The zero-order valence-corrected chi connectivity index (χ0v) is 11.4. The normalized spacial score (nSPS) is 13.6. The van der Waals surface area contributed by atoms with Gasteiger partial charge in [0.2, 0.25) is 0 Å². The van der Waals surface area contributed by atoms with Crippen LogP contribution in [0.15, 0.2) is 24.5 Å². The maximum Gasteiger partial charge on any atom is 0.0623 e. The second-order valence-corrected chi connectivity index (χ2v) is 5.05. The molecule has 0 aliphatic rings. The third kappa shape index (κ3) is 5.29. The number of methoxy groups -OCH3 is 1. The largest absolute Gasteiger partial charge is 0.379 e. The second-order valence-electron chi connectivity index (χ2n) is 5.05. The number of aromatic nitrogens is 1. The van der Waals surface area contributed by atoms with Crippen molar-refractivity contribution in [2.45, 2.75) is 44.8 Å². The molecule has 1 aromatic rings. The van der Waals surface area contributed by atoms with Crippen molar-refractivity contribution < 1.29 is 4.74 Å². The number of ether oxygens (including phenoxy) is 1. The highest BCUT2D eigenvalue weighted by molar-refractivity contribution is 5.10. The molecule has 1 rings (SSSR count). The molecule has 1 heterocycles. The van der Waals surface area contributed by atoms with E-state index in [1.54, 1.807) is 7.11 Å². The minimum Gasteiger partial charge on any atom is -0.379 e. The Kier molecular flexibility index (Phi) is 5.59. The summed E-state index contributed by atoms with van der Waals surface area (Å²) in [5.41, 5.74) is 1.24. The molecule has 0 bridgehead atoms. The van der Waals surface area contributed by atoms with Crippen molar-refractivity contribution in [3.8, 4) is 0 Å². The third-order valence-electron chi connectivity index (χ3n) is 3.26. The zero-order chi connectivity index (χ0) is 12.7. The van der Waals surface area contributed by atoms with Crippen LogP contribution in [0.1, 0.15) is 32.3 Å². The lowest BCUT2D eigenvalue weighted by Gasteiger charge is -2.25. The maximum absolute atomic E-state index is 5.44. The van der Waals surface area contributed by atoms with Gasteiger partial charge in [0, 0.05) is 25.5 Å². The molecule has 0 radical (unpaired) electrons. The molecule has 1 unspecified atom stereocenters. The standard InChI is InChI=1S/C14H24N2O/c1-14(2,17-4)8-7-13(15-3)10-12-6-5-9-16-11-12/h5-6,9,11,13,15H,7-8,10H2,1-4H3. The summed E-state index contributed by atoms with van der Waals surface area (Å²) < 4.78 is 5.44. The van der Waals surface area contributed by atoms with E-state index < -0.39 is 0 Å². The van der Waals surface area contributed by atoms with Crippen LogP contribution in [0.2, 0.25) is 0 Å². The van der Waals surface area contributed by atoms with E-state index >= 15 is 0 Å². The summed E-state index contributed by atoms with van der Waals surface area (Å²) in [6, 6.07) is 4.59. The maximum atomic E-state index is 5.44. The fourth-order valence-electron chi connectivity index (χ4n) is 1.78. The Hall–Kier alpha value is -0.930. The first-order valence-electron chi connectivity index (χ1n) is 6.19. The number of rotatable bonds is 7. The van der Waals surface area contributed by atoms with Crippen molar-refractivity contribution >= 4 is 0 Å². The molecule has 0 amide bonds. The van der Waals surface area contributed by atoms with E-state index in [-0.39, 0.29) is 5.60 Å². The first-order valence-corrected chi connectivity index (χ1v) is 6.19. The van der Waals surface area contributed by atoms with Crippen LogP contribution in [0.25, 0.3) is 0 Å². The molecule has 3 heteroatoms. The van der Waals surface area contributed by atoms with E-state index in [4.69, 9.17) is 4.74 Å². The zero-order valence-electron chi connectivity index (χ0n) is 11.4. The number of nitrogens with one attached hydrogen (secondary N) is 1. The Morgan fingerprint density at radius 1 is 1.47 bits per heavy atom. The lowest BCUT2D eigenvalue weighted by molar-refractivity contribution is 0.0119. The molecule has 0 saturated heterocycles. The molecule has 1 aromatic heterocycles. The van der Waals surface area contributed by atoms with Gasteiger partial charge in [-0.3, -0.25) is 4.98 Å². The van der Waals surface area contributed by atoms with Crippen molar-refractivity contribution in [2.75, 3.05) is 14.2 Å². The highest BCUT2D eigenvalue weighted by atomic mass is 16.5. The number of hydrogen-bond acceptors (Lipinski definition) is 3. The van der Waals surface area contributed by atoms with Gasteiger partial charge < -0.3 is 10.1 Å². The molecule has 17 heavy (non-hydrogen) atoms. The minimum atomic E-state index is -0.0377. The summed E-state index contributed by atoms with van der Waals surface area (Å²) in [7, 11) is 3.79. The highest BCUT2D eigenvalue weighted by Crippen LogP contribution is 2.18. The van der Waals surface area contributed by atoms with E-state index in [0.29, 0.717) is 6.04 Å². The topological polar surface area (TPSA) is 34.1 Å². The Labute approximate surface area is 105 Å². The summed E-state index contributed by atoms with van der Waals surface area (Å²) in [6.45, 7) is 4.26. The Morgan fingerprint density at radius 3 is 2.76 bits per heavy atom. The Morgan fingerprint density at radius 2 is 2.24 bits per heavy atom. The lowest BCUT2D eigenvalue weighted by atomic mass is 9.96. The lowest BCUT2D eigenvalue weighted by Crippen LogP contribution is -2.32. The van der Waals surface area contributed by atoms with Gasteiger partial charge in [-0.05, 0) is 51.8 Å². The third-order valence-corrected chi connectivity index (χ3v) is 3.26. The monoisotopic (exact) mass is 236 g/mol. The molecule has 0 aliphatic carbocycles. The van der Waals surface area contributed by atoms with Crippen LogP contribution < -0.4 is 5.32 Å². The van der Waals surface area contributed by atoms with Crippen LogP contribution in [-0.2, 0) is 11.2 Å². The van der Waals surface area contributed by atoms with Gasteiger partial charge in [0.15, 0.2) is 0 Å². The van der Waals surface area contributed by atoms with Gasteiger partial charge in [0.25, 0.3) is 0 Å². The van der Waals surface area contributed by atoms with Crippen molar-refractivity contribution in [2.24, 2.45) is 0 Å². The van der Waals surface area contributed by atoms with Gasteiger partial charge in [0.05, 0.1) is 5.60 Å². The predicted molar refractivity (Wildman–Crippen MR) is 71.1 cm³/mol. The fourth-order valence-corrected chi connectivity index (χ4v) is 1.78. The summed E-state index contributed by atoms with van der Waals surface area (Å²) >= 11 is 0. The molecular formula is C14H24N2O. The molecule has 1 atom stereocenters. The van der Waals surface area contributed by atoms with E-state index in [1.807, 2.05) is 25.5 Å². The minimum absolute atomic E-state index is 0.0377. The van der Waals surface area contributed by atoms with Gasteiger partial charge in [-0.15, -0.1) is 0 Å². The van der Waals surface area contributed by atoms with Crippen LogP contribution in [0.4, 0.5) is 0 Å². The van der Waals surface area contributed by atoms with Gasteiger partial charge >= 0.3 is 0 Å². The summed E-state index contributed by atoms with van der Waals surface area (Å²) in [6.07, 6.45) is 6.92. The van der Waals surface area contributed by atoms with Crippen molar-refractivity contribution in [1.82, 2.24) is 10.3 Å².